The fourth-order valence-electron chi connectivity index (χ4n) is 2.08. The molecule has 1 heterocycles. The quantitative estimate of drug-likeness (QED) is 0.889. The molecule has 118 valence electrons. The lowest BCUT2D eigenvalue weighted by Crippen LogP contribution is -2.27. The largest absolute Gasteiger partial charge is 0.493 e. The van der Waals surface area contributed by atoms with Gasteiger partial charge in [0, 0.05) is 17.3 Å². The average molecular weight is 307 g/mol. The van der Waals surface area contributed by atoms with Crippen LogP contribution in [0.15, 0.2) is 18.2 Å². The summed E-state index contributed by atoms with van der Waals surface area (Å²) in [7, 11) is 2.90. The lowest BCUT2D eigenvalue weighted by Gasteiger charge is -2.17. The van der Waals surface area contributed by atoms with Crippen LogP contribution in [0, 0.1) is 12.7 Å². The molecule has 2 aromatic rings. The molecule has 0 bridgehead atoms. The Morgan fingerprint density at radius 1 is 1.27 bits per heavy atom. The summed E-state index contributed by atoms with van der Waals surface area (Å²) in [5.41, 5.74) is 1.33. The Kier molecular flexibility index (Phi) is 4.65. The molecule has 0 fully saturated rings. The number of halogens is 1. The van der Waals surface area contributed by atoms with Gasteiger partial charge in [0.1, 0.15) is 11.5 Å². The third-order valence-corrected chi connectivity index (χ3v) is 3.26. The molecule has 0 unspecified atom stereocenters. The van der Waals surface area contributed by atoms with Crippen molar-refractivity contribution >= 4 is 5.91 Å². The second kappa shape index (κ2) is 6.46. The van der Waals surface area contributed by atoms with Crippen LogP contribution < -0.4 is 14.8 Å². The Bertz CT molecular complexity index is 685. The minimum atomic E-state index is -0.552. The normalized spacial score (nSPS) is 11.9. The van der Waals surface area contributed by atoms with Crippen LogP contribution in [0.2, 0.25) is 0 Å². The number of nitrogens with one attached hydrogen (secondary N) is 2. The van der Waals surface area contributed by atoms with Crippen molar-refractivity contribution in [3.63, 3.8) is 0 Å². The van der Waals surface area contributed by atoms with E-state index in [2.05, 4.69) is 15.5 Å². The van der Waals surface area contributed by atoms with Gasteiger partial charge in [-0.25, -0.2) is 4.39 Å². The number of carbonyl (C=O) groups excluding carboxylic acids is 1. The first-order valence-electron chi connectivity index (χ1n) is 6.70. The monoisotopic (exact) mass is 307 g/mol. The van der Waals surface area contributed by atoms with Crippen molar-refractivity contribution in [2.24, 2.45) is 0 Å². The molecule has 0 aliphatic rings. The maximum Gasteiger partial charge on any atom is 0.272 e. The van der Waals surface area contributed by atoms with Crippen molar-refractivity contribution < 1.29 is 18.7 Å². The van der Waals surface area contributed by atoms with E-state index in [0.29, 0.717) is 17.1 Å². The molecule has 0 saturated carbocycles. The maximum atomic E-state index is 14.2. The van der Waals surface area contributed by atoms with Crippen LogP contribution in [0.25, 0.3) is 0 Å². The average Bonchev–Trinajstić information content (AvgIpc) is 2.93. The van der Waals surface area contributed by atoms with Gasteiger partial charge in [-0.05, 0) is 26.0 Å². The van der Waals surface area contributed by atoms with E-state index < -0.39 is 11.9 Å². The van der Waals surface area contributed by atoms with E-state index in [-0.39, 0.29) is 11.6 Å². The van der Waals surface area contributed by atoms with Crippen molar-refractivity contribution in [1.29, 1.82) is 0 Å². The molecule has 2 rings (SSSR count). The fraction of sp³-hybridized carbons (Fsp3) is 0.333. The first kappa shape index (κ1) is 15.8. The lowest BCUT2D eigenvalue weighted by molar-refractivity contribution is 0.0934. The molecule has 22 heavy (non-hydrogen) atoms. The van der Waals surface area contributed by atoms with Crippen LogP contribution in [-0.4, -0.2) is 30.3 Å². The zero-order valence-corrected chi connectivity index (χ0v) is 12.9. The standard InChI is InChI=1S/C15H18FN3O3/c1-8-5-12(19-18-8)15(20)17-9(2)10-6-13(21-3)14(22-4)7-11(10)16/h5-7,9H,1-4H3,(H,17,20)(H,18,19)/t9-/m0/s1. The third kappa shape index (κ3) is 3.19. The lowest BCUT2D eigenvalue weighted by atomic mass is 10.1. The summed E-state index contributed by atoms with van der Waals surface area (Å²) in [5.74, 6) is -0.171. The smallest absolute Gasteiger partial charge is 0.272 e. The van der Waals surface area contributed by atoms with Crippen LogP contribution >= 0.6 is 0 Å². The number of hydrogen-bond acceptors (Lipinski definition) is 4. The Morgan fingerprint density at radius 2 is 1.91 bits per heavy atom. The first-order valence-corrected chi connectivity index (χ1v) is 6.70. The molecule has 0 aliphatic carbocycles. The van der Waals surface area contributed by atoms with Gasteiger partial charge < -0.3 is 14.8 Å². The molecule has 7 heteroatoms. The minimum absolute atomic E-state index is 0.255. The van der Waals surface area contributed by atoms with Crippen LogP contribution in [0.1, 0.15) is 34.7 Å². The highest BCUT2D eigenvalue weighted by atomic mass is 19.1. The van der Waals surface area contributed by atoms with E-state index in [9.17, 15) is 9.18 Å². The summed E-state index contributed by atoms with van der Waals surface area (Å²) < 4.78 is 24.3. The highest BCUT2D eigenvalue weighted by molar-refractivity contribution is 5.92. The summed E-state index contributed by atoms with van der Waals surface area (Å²) in [4.78, 5) is 12.1. The van der Waals surface area contributed by atoms with E-state index in [1.165, 1.54) is 26.4 Å². The molecular formula is C15H18FN3O3. The van der Waals surface area contributed by atoms with Gasteiger partial charge >= 0.3 is 0 Å². The number of amides is 1. The maximum absolute atomic E-state index is 14.2. The van der Waals surface area contributed by atoms with Crippen LogP contribution in [0.3, 0.4) is 0 Å². The topological polar surface area (TPSA) is 76.2 Å². The predicted octanol–water partition coefficient (Wildman–Crippen LogP) is 2.37. The van der Waals surface area contributed by atoms with Gasteiger partial charge in [0.05, 0.1) is 20.3 Å². The van der Waals surface area contributed by atoms with Crippen molar-refractivity contribution in [3.05, 3.63) is 41.0 Å². The molecule has 1 aromatic heterocycles. The number of ether oxygens (including phenoxy) is 2. The third-order valence-electron chi connectivity index (χ3n) is 3.26. The number of nitrogens with zero attached hydrogens (tertiary/aromatic N) is 1. The highest BCUT2D eigenvalue weighted by Crippen LogP contribution is 2.32. The van der Waals surface area contributed by atoms with Crippen LogP contribution in [0.5, 0.6) is 11.5 Å². The van der Waals surface area contributed by atoms with Crippen LogP contribution in [-0.2, 0) is 0 Å². The van der Waals surface area contributed by atoms with E-state index in [0.717, 1.165) is 5.69 Å². The summed E-state index contributed by atoms with van der Waals surface area (Å²) >= 11 is 0. The SMILES string of the molecule is COc1cc(F)c([C@H](C)NC(=O)c2cc(C)[nH]n2)cc1OC. The second-order valence-electron chi connectivity index (χ2n) is 4.86. The van der Waals surface area contributed by atoms with E-state index in [4.69, 9.17) is 9.47 Å². The molecule has 0 aliphatic heterocycles. The molecule has 6 nitrogen and oxygen atoms in total. The van der Waals surface area contributed by atoms with Gasteiger partial charge in [-0.3, -0.25) is 9.89 Å². The number of H-pyrrole nitrogens is 1. The Hall–Kier alpha value is -2.57. The number of rotatable bonds is 5. The zero-order chi connectivity index (χ0) is 16.3. The second-order valence-corrected chi connectivity index (χ2v) is 4.86. The predicted molar refractivity (Wildman–Crippen MR) is 78.7 cm³/mol. The van der Waals surface area contributed by atoms with E-state index >= 15 is 0 Å². The number of hydrogen-bond donors (Lipinski definition) is 2. The Morgan fingerprint density at radius 3 is 2.45 bits per heavy atom. The number of methoxy groups -OCH3 is 2. The summed E-state index contributed by atoms with van der Waals surface area (Å²) in [6.07, 6.45) is 0. The van der Waals surface area contributed by atoms with Gasteiger partial charge in [0.15, 0.2) is 11.5 Å². The Labute approximate surface area is 127 Å². The number of aromatic amines is 1. The van der Waals surface area contributed by atoms with E-state index in [1.807, 2.05) is 0 Å². The van der Waals surface area contributed by atoms with E-state index in [1.54, 1.807) is 19.9 Å². The molecule has 0 radical (unpaired) electrons. The molecule has 2 N–H and O–H groups in total. The van der Waals surface area contributed by atoms with Crippen molar-refractivity contribution in [1.82, 2.24) is 15.5 Å². The van der Waals surface area contributed by atoms with Gasteiger partial charge in [-0.1, -0.05) is 0 Å². The number of carbonyl (C=O) groups is 1. The zero-order valence-electron chi connectivity index (χ0n) is 12.9. The van der Waals surface area contributed by atoms with Gasteiger partial charge in [-0.2, -0.15) is 5.10 Å². The summed E-state index contributed by atoms with van der Waals surface area (Å²) in [6, 6.07) is 3.81. The summed E-state index contributed by atoms with van der Waals surface area (Å²) in [5, 5.41) is 9.25. The van der Waals surface area contributed by atoms with Gasteiger partial charge in [0.2, 0.25) is 0 Å². The molecule has 0 spiro atoms. The fourth-order valence-corrected chi connectivity index (χ4v) is 2.08. The molecular weight excluding hydrogens is 289 g/mol. The number of benzene rings is 1. The van der Waals surface area contributed by atoms with Crippen LogP contribution in [0.4, 0.5) is 4.39 Å². The molecule has 0 saturated heterocycles. The van der Waals surface area contributed by atoms with Gasteiger partial charge in [-0.15, -0.1) is 0 Å². The van der Waals surface area contributed by atoms with Gasteiger partial charge in [0.25, 0.3) is 5.91 Å². The van der Waals surface area contributed by atoms with Crippen molar-refractivity contribution in [3.8, 4) is 11.5 Å². The first-order chi connectivity index (χ1) is 10.5. The van der Waals surface area contributed by atoms with Crippen molar-refractivity contribution in [2.45, 2.75) is 19.9 Å². The number of aromatic nitrogens is 2. The minimum Gasteiger partial charge on any atom is -0.493 e. The van der Waals surface area contributed by atoms with Crippen molar-refractivity contribution in [2.75, 3.05) is 14.2 Å². The Balaban J connectivity index is 2.22. The molecule has 1 atom stereocenters. The highest BCUT2D eigenvalue weighted by Gasteiger charge is 2.19. The molecule has 1 aromatic carbocycles. The summed E-state index contributed by atoms with van der Waals surface area (Å²) in [6.45, 7) is 3.48. The number of aryl methyl sites for hydroxylation is 1. The molecule has 1 amide bonds.